The predicted octanol–water partition coefficient (Wildman–Crippen LogP) is 6.39. The number of anilines is 1. The number of piperazine rings is 1. The number of benzene rings is 1. The van der Waals surface area contributed by atoms with Crippen molar-refractivity contribution in [2.45, 2.75) is 50.0 Å². The number of thiophene rings is 1. The SMILES string of the molecule is C=CC(=O)N1C(C)CN(c2nc(=O)n3c4c(c(-c5cc(Br)cs5)c(C(F)(F)F)cc24)SCCC3)C[C@H]1C.O=c1cccc[nH]1. The van der Waals surface area contributed by atoms with Gasteiger partial charge in [-0.15, -0.1) is 23.1 Å². The Bertz CT molecular complexity index is 1810. The van der Waals surface area contributed by atoms with Crippen LogP contribution in [0, 0.1) is 0 Å². The quantitative estimate of drug-likeness (QED) is 0.248. The van der Waals surface area contributed by atoms with Crippen LogP contribution in [0.4, 0.5) is 19.0 Å². The fourth-order valence-electron chi connectivity index (χ4n) is 5.70. The summed E-state index contributed by atoms with van der Waals surface area (Å²) in [5.41, 5.74) is -0.670. The highest BCUT2D eigenvalue weighted by Gasteiger charge is 2.39. The Kier molecular flexibility index (Phi) is 9.42. The van der Waals surface area contributed by atoms with Crippen molar-refractivity contribution in [1.29, 1.82) is 0 Å². The fraction of sp³-hybridized carbons (Fsp3) is 0.333. The van der Waals surface area contributed by atoms with Crippen LogP contribution in [0.2, 0.25) is 0 Å². The standard InChI is InChI=1S/C25H24BrF3N4O2S2.C5H5NO/c1-4-19(34)33-13(2)10-31(11-14(33)3)23-16-9-17(25(27,28)29)20(18-8-15(26)12-37-18)22-21(16)32(24(35)30-23)6-5-7-36-22;7-5-3-1-2-4-6-5/h4,8-9,12-14H,1,5-7,10-11H2,2-3H3;1-4H,(H,6,7)/t13-,14?;/m1./s1. The molecule has 4 aromatic rings. The summed E-state index contributed by atoms with van der Waals surface area (Å²) in [7, 11) is 0. The van der Waals surface area contributed by atoms with Crippen LogP contribution in [0.5, 0.6) is 0 Å². The summed E-state index contributed by atoms with van der Waals surface area (Å²) in [6.45, 7) is 8.37. The summed E-state index contributed by atoms with van der Waals surface area (Å²) in [6, 6.07) is 7.28. The van der Waals surface area contributed by atoms with E-state index in [4.69, 9.17) is 0 Å². The van der Waals surface area contributed by atoms with Crippen LogP contribution in [0.25, 0.3) is 21.3 Å². The lowest BCUT2D eigenvalue weighted by atomic mass is 10.0. The number of rotatable bonds is 3. The number of H-pyrrole nitrogens is 1. The van der Waals surface area contributed by atoms with Gasteiger partial charge in [0.25, 0.3) is 0 Å². The molecule has 14 heteroatoms. The second-order valence-electron chi connectivity index (χ2n) is 10.5. The van der Waals surface area contributed by atoms with E-state index in [-0.39, 0.29) is 34.9 Å². The third-order valence-corrected chi connectivity index (χ3v) is 10.3. The first-order valence-corrected chi connectivity index (χ1v) is 16.5. The smallest absolute Gasteiger partial charge is 0.352 e. The molecule has 0 spiro atoms. The van der Waals surface area contributed by atoms with Gasteiger partial charge in [-0.05, 0) is 66.2 Å². The number of pyridine rings is 1. The summed E-state index contributed by atoms with van der Waals surface area (Å²) in [4.78, 5) is 47.2. The van der Waals surface area contributed by atoms with E-state index in [0.29, 0.717) is 57.0 Å². The number of thioether (sulfide) groups is 1. The number of nitrogens with zero attached hydrogens (tertiary/aromatic N) is 4. The Labute approximate surface area is 267 Å². The van der Waals surface area contributed by atoms with E-state index < -0.39 is 17.4 Å². The number of aromatic amines is 1. The van der Waals surface area contributed by atoms with E-state index in [1.165, 1.54) is 39.8 Å². The van der Waals surface area contributed by atoms with Crippen LogP contribution in [-0.2, 0) is 17.5 Å². The normalized spacial score (nSPS) is 18.4. The van der Waals surface area contributed by atoms with Crippen LogP contribution >= 0.6 is 39.0 Å². The summed E-state index contributed by atoms with van der Waals surface area (Å²) in [5, 5.41) is 2.06. The molecule has 1 amide bonds. The van der Waals surface area contributed by atoms with E-state index in [1.54, 1.807) is 34.7 Å². The first-order valence-electron chi connectivity index (χ1n) is 13.8. The first kappa shape index (κ1) is 32.0. The van der Waals surface area contributed by atoms with Crippen LogP contribution < -0.4 is 16.1 Å². The Hall–Kier alpha value is -3.36. The van der Waals surface area contributed by atoms with Gasteiger partial charge in [0, 0.05) is 74.6 Å². The number of hydrogen-bond acceptors (Lipinski definition) is 7. The highest BCUT2D eigenvalue weighted by Crippen LogP contribution is 2.49. The van der Waals surface area contributed by atoms with Gasteiger partial charge in [0.1, 0.15) is 5.82 Å². The molecular weight excluding hydrogens is 679 g/mol. The van der Waals surface area contributed by atoms with E-state index in [0.717, 1.165) is 6.07 Å². The van der Waals surface area contributed by atoms with Gasteiger partial charge in [0.2, 0.25) is 11.5 Å². The molecule has 2 aliphatic heterocycles. The maximum absolute atomic E-state index is 14.6. The van der Waals surface area contributed by atoms with Crippen LogP contribution in [0.1, 0.15) is 25.8 Å². The molecule has 1 N–H and O–H groups in total. The van der Waals surface area contributed by atoms with Crippen molar-refractivity contribution in [2.75, 3.05) is 23.7 Å². The highest BCUT2D eigenvalue weighted by molar-refractivity contribution is 9.10. The maximum atomic E-state index is 14.6. The number of aromatic nitrogens is 3. The molecule has 1 aromatic carbocycles. The molecule has 0 aliphatic carbocycles. The largest absolute Gasteiger partial charge is 0.417 e. The second-order valence-corrected chi connectivity index (χ2v) is 13.4. The Morgan fingerprint density at radius 2 is 1.91 bits per heavy atom. The van der Waals surface area contributed by atoms with Gasteiger partial charge in [-0.25, -0.2) is 4.79 Å². The minimum absolute atomic E-state index is 0.0532. The molecule has 0 saturated carbocycles. The minimum Gasteiger partial charge on any atom is -0.352 e. The molecule has 1 fully saturated rings. The molecule has 5 heterocycles. The van der Waals surface area contributed by atoms with E-state index >= 15 is 0 Å². The molecule has 3 aromatic heterocycles. The molecule has 1 saturated heterocycles. The number of carbonyl (C=O) groups is 1. The van der Waals surface area contributed by atoms with Crippen LogP contribution in [0.15, 0.2) is 73.5 Å². The Morgan fingerprint density at radius 3 is 2.45 bits per heavy atom. The van der Waals surface area contributed by atoms with Crippen LogP contribution in [-0.4, -0.2) is 56.3 Å². The van der Waals surface area contributed by atoms with Gasteiger partial charge in [0.15, 0.2) is 0 Å². The predicted molar refractivity (Wildman–Crippen MR) is 173 cm³/mol. The third kappa shape index (κ3) is 6.38. The number of amides is 1. The molecule has 232 valence electrons. The number of alkyl halides is 3. The molecule has 2 atom stereocenters. The number of halogens is 4. The van der Waals surface area contributed by atoms with Crippen LogP contribution in [0.3, 0.4) is 0 Å². The minimum atomic E-state index is -4.61. The van der Waals surface area contributed by atoms with E-state index in [2.05, 4.69) is 32.5 Å². The van der Waals surface area contributed by atoms with Crippen molar-refractivity contribution in [3.05, 3.63) is 85.4 Å². The summed E-state index contributed by atoms with van der Waals surface area (Å²) in [6.07, 6.45) is -1.11. The Morgan fingerprint density at radius 1 is 1.18 bits per heavy atom. The highest BCUT2D eigenvalue weighted by atomic mass is 79.9. The maximum Gasteiger partial charge on any atom is 0.417 e. The Balaban J connectivity index is 0.000000484. The lowest BCUT2D eigenvalue weighted by molar-refractivity contribution is -0.137. The number of hydrogen-bond donors (Lipinski definition) is 1. The number of carbonyl (C=O) groups excluding carboxylic acids is 1. The topological polar surface area (TPSA) is 91.3 Å². The summed E-state index contributed by atoms with van der Waals surface area (Å²) in [5.74, 6) is 0.611. The monoisotopic (exact) mass is 707 g/mol. The zero-order valence-electron chi connectivity index (χ0n) is 23.9. The molecule has 6 rings (SSSR count). The molecular formula is C30H29BrF3N5O3S2. The van der Waals surface area contributed by atoms with Gasteiger partial charge in [-0.3, -0.25) is 14.2 Å². The summed E-state index contributed by atoms with van der Waals surface area (Å²) >= 11 is 5.96. The van der Waals surface area contributed by atoms with Crippen molar-refractivity contribution < 1.29 is 18.0 Å². The number of nitrogens with one attached hydrogen (secondary N) is 1. The zero-order valence-corrected chi connectivity index (χ0v) is 27.1. The van der Waals surface area contributed by atoms with Gasteiger partial charge in [-0.2, -0.15) is 18.2 Å². The molecule has 44 heavy (non-hydrogen) atoms. The van der Waals surface area contributed by atoms with Gasteiger partial charge >= 0.3 is 11.9 Å². The van der Waals surface area contributed by atoms with Gasteiger partial charge in [0.05, 0.1) is 11.1 Å². The van der Waals surface area contributed by atoms with Crippen molar-refractivity contribution in [3.63, 3.8) is 0 Å². The molecule has 0 radical (unpaired) electrons. The fourth-order valence-corrected chi connectivity index (χ4v) is 8.46. The zero-order chi connectivity index (χ0) is 31.8. The van der Waals surface area contributed by atoms with Gasteiger partial charge in [-0.1, -0.05) is 12.6 Å². The average molecular weight is 709 g/mol. The third-order valence-electron chi connectivity index (χ3n) is 7.42. The molecule has 1 unspecified atom stereocenters. The van der Waals surface area contributed by atoms with Crippen molar-refractivity contribution >= 4 is 61.7 Å². The van der Waals surface area contributed by atoms with E-state index in [1.807, 2.05) is 18.7 Å². The molecule has 8 nitrogen and oxygen atoms in total. The van der Waals surface area contributed by atoms with E-state index in [9.17, 15) is 27.6 Å². The van der Waals surface area contributed by atoms with Crippen molar-refractivity contribution in [2.24, 2.45) is 0 Å². The summed E-state index contributed by atoms with van der Waals surface area (Å²) < 4.78 is 46.0. The second kappa shape index (κ2) is 12.9. The van der Waals surface area contributed by atoms with Gasteiger partial charge < -0.3 is 14.8 Å². The lowest BCUT2D eigenvalue weighted by Gasteiger charge is -2.44. The molecule has 2 aliphatic rings. The first-order chi connectivity index (χ1) is 20.9. The average Bonchev–Trinajstić information content (AvgIpc) is 3.27. The molecule has 0 bridgehead atoms. The lowest BCUT2D eigenvalue weighted by Crippen LogP contribution is -2.58. The van der Waals surface area contributed by atoms with Crippen molar-refractivity contribution in [3.8, 4) is 10.4 Å². The van der Waals surface area contributed by atoms with Crippen molar-refractivity contribution in [1.82, 2.24) is 19.4 Å². The number of aryl methyl sites for hydroxylation is 1.